The highest BCUT2D eigenvalue weighted by molar-refractivity contribution is 5.84. The number of carbonyl (C=O) groups is 2. The molecule has 0 bridgehead atoms. The highest BCUT2D eigenvalue weighted by atomic mass is 16.5. The average Bonchev–Trinajstić information content (AvgIpc) is 2.38. The summed E-state index contributed by atoms with van der Waals surface area (Å²) < 4.78 is 5.55. The van der Waals surface area contributed by atoms with Crippen molar-refractivity contribution in [2.75, 3.05) is 39.3 Å². The van der Waals surface area contributed by atoms with Crippen molar-refractivity contribution in [1.29, 1.82) is 0 Å². The molecule has 2 saturated heterocycles. The van der Waals surface area contributed by atoms with Crippen molar-refractivity contribution in [3.05, 3.63) is 0 Å². The van der Waals surface area contributed by atoms with Crippen LogP contribution in [0.1, 0.15) is 19.8 Å². The van der Waals surface area contributed by atoms with E-state index in [0.717, 1.165) is 0 Å². The number of piperidine rings is 1. The van der Waals surface area contributed by atoms with E-state index in [9.17, 15) is 9.59 Å². The highest BCUT2D eigenvalue weighted by Crippen LogP contribution is 2.12. The molecule has 108 valence electrons. The van der Waals surface area contributed by atoms with Crippen LogP contribution in [0.4, 0.5) is 0 Å². The van der Waals surface area contributed by atoms with Crippen LogP contribution in [-0.4, -0.2) is 78.1 Å². The third-order valence-corrected chi connectivity index (χ3v) is 3.64. The highest BCUT2D eigenvalue weighted by Gasteiger charge is 2.28. The molecule has 0 saturated carbocycles. The number of aliphatic hydroxyl groups excluding tert-OH is 1. The number of hydrogen-bond donors (Lipinski definition) is 1. The van der Waals surface area contributed by atoms with Gasteiger partial charge >= 0.3 is 0 Å². The molecule has 2 unspecified atom stereocenters. The maximum absolute atomic E-state index is 12.1. The molecule has 6 heteroatoms. The Morgan fingerprint density at radius 1 is 1.37 bits per heavy atom. The van der Waals surface area contributed by atoms with E-state index in [0.29, 0.717) is 45.6 Å². The first kappa shape index (κ1) is 14.4. The fourth-order valence-corrected chi connectivity index (χ4v) is 2.67. The number of nitrogens with zero attached hydrogens (tertiary/aromatic N) is 2. The molecule has 0 aromatic heterocycles. The number of amides is 1. The van der Waals surface area contributed by atoms with E-state index in [4.69, 9.17) is 9.84 Å². The third-order valence-electron chi connectivity index (χ3n) is 3.64. The Balaban J connectivity index is 1.82. The van der Waals surface area contributed by atoms with Crippen molar-refractivity contribution < 1.29 is 19.4 Å². The molecule has 2 rings (SSSR count). The fourth-order valence-electron chi connectivity index (χ4n) is 2.67. The minimum absolute atomic E-state index is 0.0206. The lowest BCUT2D eigenvalue weighted by Crippen LogP contribution is -2.52. The molecule has 2 aliphatic heterocycles. The number of morpholine rings is 1. The second-order valence-corrected chi connectivity index (χ2v) is 5.36. The smallest absolute Gasteiger partial charge is 0.236 e. The summed E-state index contributed by atoms with van der Waals surface area (Å²) in [5.74, 6) is 0.308. The average molecular weight is 270 g/mol. The van der Waals surface area contributed by atoms with E-state index in [1.54, 1.807) is 4.90 Å². The van der Waals surface area contributed by atoms with Crippen LogP contribution in [0.25, 0.3) is 0 Å². The lowest BCUT2D eigenvalue weighted by molar-refractivity contribution is -0.140. The molecule has 2 fully saturated rings. The van der Waals surface area contributed by atoms with Crippen molar-refractivity contribution in [2.45, 2.75) is 32.0 Å². The van der Waals surface area contributed by atoms with Gasteiger partial charge < -0.3 is 14.7 Å². The topological polar surface area (TPSA) is 70.1 Å². The van der Waals surface area contributed by atoms with E-state index < -0.39 is 0 Å². The first-order valence-corrected chi connectivity index (χ1v) is 6.86. The largest absolute Gasteiger partial charge is 0.394 e. The molecular weight excluding hydrogens is 248 g/mol. The number of Topliss-reactive ketones (excluding diaryl/α,β-unsaturated/α-hetero) is 1. The van der Waals surface area contributed by atoms with Gasteiger partial charge in [0.05, 0.1) is 25.4 Å². The van der Waals surface area contributed by atoms with Gasteiger partial charge in [-0.15, -0.1) is 0 Å². The number of hydrogen-bond acceptors (Lipinski definition) is 5. The van der Waals surface area contributed by atoms with Gasteiger partial charge in [0, 0.05) is 39.0 Å². The predicted octanol–water partition coefficient (Wildman–Crippen LogP) is -0.740. The first-order valence-electron chi connectivity index (χ1n) is 6.86. The Morgan fingerprint density at radius 3 is 2.68 bits per heavy atom. The summed E-state index contributed by atoms with van der Waals surface area (Å²) in [4.78, 5) is 27.1. The number of carbonyl (C=O) groups excluding carboxylic acids is 2. The van der Waals surface area contributed by atoms with Crippen LogP contribution in [-0.2, 0) is 14.3 Å². The van der Waals surface area contributed by atoms with Crippen molar-refractivity contribution in [1.82, 2.24) is 9.80 Å². The van der Waals surface area contributed by atoms with Gasteiger partial charge in [-0.05, 0) is 6.92 Å². The number of rotatable bonds is 3. The first-order chi connectivity index (χ1) is 9.08. The number of ether oxygens (including phenoxy) is 1. The second kappa shape index (κ2) is 6.45. The molecule has 2 atom stereocenters. The summed E-state index contributed by atoms with van der Waals surface area (Å²) in [6.07, 6.45) is 0.774. The maximum Gasteiger partial charge on any atom is 0.236 e. The SMILES string of the molecule is CC1CN(CC(=O)N2CCC(=O)CC2)CC(CO)O1. The van der Waals surface area contributed by atoms with E-state index >= 15 is 0 Å². The summed E-state index contributed by atoms with van der Waals surface area (Å²) in [7, 11) is 0. The zero-order chi connectivity index (χ0) is 13.8. The standard InChI is InChI=1S/C13H22N2O4/c1-10-6-14(7-12(9-16)19-10)8-13(18)15-4-2-11(17)3-5-15/h10,12,16H,2-9H2,1H3. The normalized spacial score (nSPS) is 29.6. The van der Waals surface area contributed by atoms with Crippen molar-refractivity contribution in [2.24, 2.45) is 0 Å². The minimum Gasteiger partial charge on any atom is -0.394 e. The summed E-state index contributed by atoms with van der Waals surface area (Å²) >= 11 is 0. The van der Waals surface area contributed by atoms with Gasteiger partial charge in [0.15, 0.2) is 0 Å². The van der Waals surface area contributed by atoms with E-state index in [-0.39, 0.29) is 30.5 Å². The van der Waals surface area contributed by atoms with Gasteiger partial charge in [0.2, 0.25) is 5.91 Å². The van der Waals surface area contributed by atoms with Crippen LogP contribution >= 0.6 is 0 Å². The molecule has 6 nitrogen and oxygen atoms in total. The quantitative estimate of drug-likeness (QED) is 0.731. The molecule has 0 aromatic carbocycles. The summed E-state index contributed by atoms with van der Waals surface area (Å²) in [6, 6.07) is 0. The van der Waals surface area contributed by atoms with Gasteiger partial charge in [0.1, 0.15) is 5.78 Å². The lowest BCUT2D eigenvalue weighted by Gasteiger charge is -2.37. The molecular formula is C13H22N2O4. The van der Waals surface area contributed by atoms with Crippen LogP contribution in [0, 0.1) is 0 Å². The van der Waals surface area contributed by atoms with Gasteiger partial charge in [-0.1, -0.05) is 0 Å². The second-order valence-electron chi connectivity index (χ2n) is 5.36. The van der Waals surface area contributed by atoms with Crippen LogP contribution in [0.15, 0.2) is 0 Å². The van der Waals surface area contributed by atoms with E-state index in [1.807, 2.05) is 11.8 Å². The molecule has 0 spiro atoms. The minimum atomic E-state index is -0.209. The molecule has 2 aliphatic rings. The molecule has 1 amide bonds. The molecule has 2 heterocycles. The zero-order valence-electron chi connectivity index (χ0n) is 11.4. The lowest BCUT2D eigenvalue weighted by atomic mass is 10.1. The molecule has 0 radical (unpaired) electrons. The molecule has 0 aliphatic carbocycles. The zero-order valence-corrected chi connectivity index (χ0v) is 11.4. The Morgan fingerprint density at radius 2 is 2.05 bits per heavy atom. The Hall–Kier alpha value is -0.980. The molecule has 0 aromatic rings. The third kappa shape index (κ3) is 3.99. The Labute approximate surface area is 113 Å². The Bertz CT molecular complexity index is 338. The molecule has 1 N–H and O–H groups in total. The van der Waals surface area contributed by atoms with Crippen LogP contribution in [0.5, 0.6) is 0 Å². The van der Waals surface area contributed by atoms with Crippen LogP contribution < -0.4 is 0 Å². The van der Waals surface area contributed by atoms with Crippen molar-refractivity contribution in [3.8, 4) is 0 Å². The van der Waals surface area contributed by atoms with Crippen LogP contribution in [0.3, 0.4) is 0 Å². The summed E-state index contributed by atoms with van der Waals surface area (Å²) in [5.41, 5.74) is 0. The van der Waals surface area contributed by atoms with Gasteiger partial charge in [-0.2, -0.15) is 0 Å². The van der Waals surface area contributed by atoms with Gasteiger partial charge in [-0.25, -0.2) is 0 Å². The van der Waals surface area contributed by atoms with Crippen molar-refractivity contribution >= 4 is 11.7 Å². The van der Waals surface area contributed by atoms with Gasteiger partial charge in [-0.3, -0.25) is 14.5 Å². The summed E-state index contributed by atoms with van der Waals surface area (Å²) in [6.45, 7) is 4.64. The number of likely N-dealkylation sites (tertiary alicyclic amines) is 1. The van der Waals surface area contributed by atoms with E-state index in [1.165, 1.54) is 0 Å². The predicted molar refractivity (Wildman–Crippen MR) is 68.7 cm³/mol. The van der Waals surface area contributed by atoms with Crippen molar-refractivity contribution in [3.63, 3.8) is 0 Å². The Kier molecular flexibility index (Phi) is 4.90. The van der Waals surface area contributed by atoms with E-state index in [2.05, 4.69) is 0 Å². The van der Waals surface area contributed by atoms with Gasteiger partial charge in [0.25, 0.3) is 0 Å². The summed E-state index contributed by atoms with van der Waals surface area (Å²) in [5, 5.41) is 9.15. The molecule has 19 heavy (non-hydrogen) atoms. The maximum atomic E-state index is 12.1. The monoisotopic (exact) mass is 270 g/mol. The fraction of sp³-hybridized carbons (Fsp3) is 0.846. The van der Waals surface area contributed by atoms with Crippen LogP contribution in [0.2, 0.25) is 0 Å². The number of ketones is 1. The number of aliphatic hydroxyl groups is 1.